The standard InChI is InChI=1S/C20H21NO4/c1-2-3-6-15-25-17-12-9-16(10-13-17)11-14-20(22)18-7-4-5-8-19(18)21(23)24/h4-5,7-14H,2-3,6,15H2,1H3/b14-11+. The van der Waals surface area contributed by atoms with Crippen LogP contribution in [0, 0.1) is 10.1 Å². The Morgan fingerprint density at radius 2 is 1.84 bits per heavy atom. The van der Waals surface area contributed by atoms with E-state index >= 15 is 0 Å². The summed E-state index contributed by atoms with van der Waals surface area (Å²) in [5.74, 6) is 0.394. The molecule has 0 saturated heterocycles. The fourth-order valence-corrected chi connectivity index (χ4v) is 2.32. The molecule has 0 heterocycles. The molecule has 2 aromatic carbocycles. The quantitative estimate of drug-likeness (QED) is 0.210. The van der Waals surface area contributed by atoms with Crippen molar-refractivity contribution >= 4 is 17.5 Å². The Hall–Kier alpha value is -2.95. The molecule has 0 bridgehead atoms. The van der Waals surface area contributed by atoms with Crippen molar-refractivity contribution in [2.45, 2.75) is 26.2 Å². The van der Waals surface area contributed by atoms with Crippen molar-refractivity contribution in [1.29, 1.82) is 0 Å². The van der Waals surface area contributed by atoms with E-state index in [2.05, 4.69) is 6.92 Å². The SMILES string of the molecule is CCCCCOc1ccc(/C=C/C(=O)c2ccccc2[N+](=O)[O-])cc1. The molecule has 0 aliphatic carbocycles. The molecule has 0 N–H and O–H groups in total. The number of unbranched alkanes of at least 4 members (excludes halogenated alkanes) is 2. The summed E-state index contributed by atoms with van der Waals surface area (Å²) in [7, 11) is 0. The summed E-state index contributed by atoms with van der Waals surface area (Å²) >= 11 is 0. The van der Waals surface area contributed by atoms with E-state index in [0.29, 0.717) is 6.61 Å². The average molecular weight is 339 g/mol. The van der Waals surface area contributed by atoms with Crippen LogP contribution in [0.5, 0.6) is 5.75 Å². The summed E-state index contributed by atoms with van der Waals surface area (Å²) < 4.78 is 5.63. The van der Waals surface area contributed by atoms with Gasteiger partial charge in [0.25, 0.3) is 5.69 Å². The zero-order chi connectivity index (χ0) is 18.1. The van der Waals surface area contributed by atoms with E-state index in [9.17, 15) is 14.9 Å². The third kappa shape index (κ3) is 5.57. The summed E-state index contributed by atoms with van der Waals surface area (Å²) in [4.78, 5) is 22.6. The van der Waals surface area contributed by atoms with Crippen LogP contribution in [0.25, 0.3) is 6.08 Å². The zero-order valence-corrected chi connectivity index (χ0v) is 14.2. The van der Waals surface area contributed by atoms with Crippen LogP contribution >= 0.6 is 0 Å². The van der Waals surface area contributed by atoms with Gasteiger partial charge in [-0.25, -0.2) is 0 Å². The number of nitro groups is 1. The third-order valence-electron chi connectivity index (χ3n) is 3.69. The van der Waals surface area contributed by atoms with Crippen molar-refractivity contribution in [2.24, 2.45) is 0 Å². The number of allylic oxidation sites excluding steroid dienone is 1. The highest BCUT2D eigenvalue weighted by atomic mass is 16.6. The summed E-state index contributed by atoms with van der Waals surface area (Å²) in [5, 5.41) is 11.0. The van der Waals surface area contributed by atoms with Crippen LogP contribution in [0.2, 0.25) is 0 Å². The van der Waals surface area contributed by atoms with Crippen LogP contribution in [0.4, 0.5) is 5.69 Å². The number of nitro benzene ring substituents is 1. The van der Waals surface area contributed by atoms with E-state index in [-0.39, 0.29) is 11.3 Å². The number of carbonyl (C=O) groups excluding carboxylic acids is 1. The molecule has 0 aliphatic rings. The minimum atomic E-state index is -0.550. The Kier molecular flexibility index (Phi) is 6.89. The van der Waals surface area contributed by atoms with Crippen molar-refractivity contribution in [2.75, 3.05) is 6.61 Å². The highest BCUT2D eigenvalue weighted by Crippen LogP contribution is 2.19. The number of rotatable bonds is 9. The number of hydrogen-bond acceptors (Lipinski definition) is 4. The third-order valence-corrected chi connectivity index (χ3v) is 3.69. The predicted octanol–water partition coefficient (Wildman–Crippen LogP) is 5.06. The summed E-state index contributed by atoms with van der Waals surface area (Å²) in [6, 6.07) is 13.3. The van der Waals surface area contributed by atoms with Crippen LogP contribution in [-0.4, -0.2) is 17.3 Å². The first-order chi connectivity index (χ1) is 12.1. The van der Waals surface area contributed by atoms with Gasteiger partial charge in [-0.15, -0.1) is 0 Å². The minimum absolute atomic E-state index is 0.0830. The molecule has 0 aromatic heterocycles. The number of hydrogen-bond donors (Lipinski definition) is 0. The van der Waals surface area contributed by atoms with Gasteiger partial charge in [-0.3, -0.25) is 14.9 Å². The second-order valence-electron chi connectivity index (χ2n) is 5.60. The number of benzene rings is 2. The number of carbonyl (C=O) groups is 1. The van der Waals surface area contributed by atoms with E-state index in [1.807, 2.05) is 24.3 Å². The maximum Gasteiger partial charge on any atom is 0.280 e. The number of para-hydroxylation sites is 1. The van der Waals surface area contributed by atoms with Gasteiger partial charge >= 0.3 is 0 Å². The molecule has 0 spiro atoms. The van der Waals surface area contributed by atoms with Crippen molar-refractivity contribution in [3.8, 4) is 5.75 Å². The molecule has 25 heavy (non-hydrogen) atoms. The Bertz CT molecular complexity index is 751. The summed E-state index contributed by atoms with van der Waals surface area (Å²) in [6.07, 6.45) is 6.32. The van der Waals surface area contributed by atoms with Crippen LogP contribution < -0.4 is 4.74 Å². The first-order valence-electron chi connectivity index (χ1n) is 8.30. The lowest BCUT2D eigenvalue weighted by molar-refractivity contribution is -0.385. The van der Waals surface area contributed by atoms with Gasteiger partial charge in [0.2, 0.25) is 0 Å². The van der Waals surface area contributed by atoms with Gasteiger partial charge < -0.3 is 4.74 Å². The van der Waals surface area contributed by atoms with Gasteiger partial charge in [0.05, 0.1) is 17.1 Å². The lowest BCUT2D eigenvalue weighted by Gasteiger charge is -2.05. The Morgan fingerprint density at radius 3 is 2.52 bits per heavy atom. The lowest BCUT2D eigenvalue weighted by atomic mass is 10.1. The fourth-order valence-electron chi connectivity index (χ4n) is 2.32. The molecule has 0 atom stereocenters. The molecule has 0 amide bonds. The first-order valence-corrected chi connectivity index (χ1v) is 8.30. The molecule has 0 aliphatic heterocycles. The molecule has 5 heteroatoms. The van der Waals surface area contributed by atoms with Gasteiger partial charge in [0.1, 0.15) is 5.75 Å². The smallest absolute Gasteiger partial charge is 0.280 e. The molecular formula is C20H21NO4. The molecule has 130 valence electrons. The molecule has 5 nitrogen and oxygen atoms in total. The maximum atomic E-state index is 12.2. The van der Waals surface area contributed by atoms with Gasteiger partial charge in [-0.1, -0.05) is 50.1 Å². The van der Waals surface area contributed by atoms with E-state index in [1.165, 1.54) is 24.3 Å². The van der Waals surface area contributed by atoms with E-state index in [1.54, 1.807) is 12.1 Å². The minimum Gasteiger partial charge on any atom is -0.494 e. The molecular weight excluding hydrogens is 318 g/mol. The average Bonchev–Trinajstić information content (AvgIpc) is 2.64. The van der Waals surface area contributed by atoms with E-state index < -0.39 is 10.7 Å². The van der Waals surface area contributed by atoms with Crippen LogP contribution in [-0.2, 0) is 0 Å². The Labute approximate surface area is 147 Å². The highest BCUT2D eigenvalue weighted by Gasteiger charge is 2.16. The van der Waals surface area contributed by atoms with E-state index in [4.69, 9.17) is 4.74 Å². The van der Waals surface area contributed by atoms with E-state index in [0.717, 1.165) is 30.6 Å². The Morgan fingerprint density at radius 1 is 1.12 bits per heavy atom. The normalized spacial score (nSPS) is 10.8. The monoisotopic (exact) mass is 339 g/mol. The van der Waals surface area contributed by atoms with Gasteiger partial charge in [-0.2, -0.15) is 0 Å². The van der Waals surface area contributed by atoms with Crippen molar-refractivity contribution in [1.82, 2.24) is 0 Å². The van der Waals surface area contributed by atoms with Crippen LogP contribution in [0.3, 0.4) is 0 Å². The van der Waals surface area contributed by atoms with Crippen molar-refractivity contribution in [3.63, 3.8) is 0 Å². The molecule has 0 radical (unpaired) electrons. The largest absolute Gasteiger partial charge is 0.494 e. The van der Waals surface area contributed by atoms with Gasteiger partial charge in [0, 0.05) is 6.07 Å². The molecule has 0 fully saturated rings. The number of ether oxygens (including phenoxy) is 1. The van der Waals surface area contributed by atoms with Crippen molar-refractivity contribution in [3.05, 3.63) is 75.8 Å². The topological polar surface area (TPSA) is 69.4 Å². The highest BCUT2D eigenvalue weighted by molar-refractivity contribution is 6.09. The lowest BCUT2D eigenvalue weighted by Crippen LogP contribution is -2.00. The summed E-state index contributed by atoms with van der Waals surface area (Å²) in [5.41, 5.74) is 0.723. The molecule has 0 unspecified atom stereocenters. The van der Waals surface area contributed by atoms with Gasteiger partial charge in [0.15, 0.2) is 5.78 Å². The number of ketones is 1. The fraction of sp³-hybridized carbons (Fsp3) is 0.250. The van der Waals surface area contributed by atoms with Crippen LogP contribution in [0.1, 0.15) is 42.1 Å². The molecule has 0 saturated carbocycles. The maximum absolute atomic E-state index is 12.2. The van der Waals surface area contributed by atoms with Crippen molar-refractivity contribution < 1.29 is 14.5 Å². The second-order valence-corrected chi connectivity index (χ2v) is 5.60. The predicted molar refractivity (Wildman–Crippen MR) is 97.9 cm³/mol. The van der Waals surface area contributed by atoms with Crippen LogP contribution in [0.15, 0.2) is 54.6 Å². The zero-order valence-electron chi connectivity index (χ0n) is 14.2. The number of nitrogens with zero attached hydrogens (tertiary/aromatic N) is 1. The molecule has 2 aromatic rings. The first kappa shape index (κ1) is 18.4. The second kappa shape index (κ2) is 9.37. The van der Waals surface area contributed by atoms with Gasteiger partial charge in [-0.05, 0) is 36.3 Å². The summed E-state index contributed by atoms with van der Waals surface area (Å²) in [6.45, 7) is 2.84. The molecule has 2 rings (SSSR count). The Balaban J connectivity index is 2.00.